The molecule has 0 atom stereocenters. The van der Waals surface area contributed by atoms with E-state index in [-0.39, 0.29) is 0 Å². The number of nitrogens with zero attached hydrogens (tertiary/aromatic N) is 2. The third-order valence-corrected chi connectivity index (χ3v) is 3.18. The van der Waals surface area contributed by atoms with Crippen molar-refractivity contribution < 1.29 is 0 Å². The Balaban J connectivity index is 2.07. The summed E-state index contributed by atoms with van der Waals surface area (Å²) in [4.78, 5) is 8.66. The lowest BCUT2D eigenvalue weighted by atomic mass is 10.1. The number of hydrogen-bond donors (Lipinski definition) is 0. The number of alkyl halides is 1. The van der Waals surface area contributed by atoms with E-state index >= 15 is 0 Å². The standard InChI is InChI=1S/C15H11ClN2/c16-8-11-9-17-15(18-10-11)14-6-5-12-3-1-2-4-13(12)7-14/h1-7,9-10H,8H2. The first-order valence-electron chi connectivity index (χ1n) is 5.73. The quantitative estimate of drug-likeness (QED) is 0.645. The first-order chi connectivity index (χ1) is 8.86. The summed E-state index contributed by atoms with van der Waals surface area (Å²) in [7, 11) is 0. The van der Waals surface area contributed by atoms with Gasteiger partial charge in [-0.05, 0) is 16.8 Å². The van der Waals surface area contributed by atoms with Gasteiger partial charge in [-0.15, -0.1) is 11.6 Å². The molecular formula is C15H11ClN2. The summed E-state index contributed by atoms with van der Waals surface area (Å²) in [5, 5.41) is 2.42. The molecule has 3 heteroatoms. The van der Waals surface area contributed by atoms with Gasteiger partial charge in [0.1, 0.15) is 0 Å². The SMILES string of the molecule is ClCc1cnc(-c2ccc3ccccc3c2)nc1. The molecule has 0 saturated carbocycles. The fourth-order valence-electron chi connectivity index (χ4n) is 1.90. The molecule has 0 aliphatic carbocycles. The maximum atomic E-state index is 5.72. The highest BCUT2D eigenvalue weighted by Crippen LogP contribution is 2.21. The molecule has 0 spiro atoms. The summed E-state index contributed by atoms with van der Waals surface area (Å²) >= 11 is 5.72. The van der Waals surface area contributed by atoms with E-state index in [9.17, 15) is 0 Å². The highest BCUT2D eigenvalue weighted by atomic mass is 35.5. The predicted molar refractivity (Wildman–Crippen MR) is 74.5 cm³/mol. The Bertz CT molecular complexity index is 677. The van der Waals surface area contributed by atoms with E-state index in [4.69, 9.17) is 11.6 Å². The molecule has 88 valence electrons. The molecule has 0 unspecified atom stereocenters. The predicted octanol–water partition coefficient (Wildman–Crippen LogP) is 4.04. The third-order valence-electron chi connectivity index (χ3n) is 2.87. The van der Waals surface area contributed by atoms with Crippen LogP contribution in [0.15, 0.2) is 54.9 Å². The molecule has 3 aromatic rings. The summed E-state index contributed by atoms with van der Waals surface area (Å²) in [6.07, 6.45) is 3.54. The zero-order chi connectivity index (χ0) is 12.4. The van der Waals surface area contributed by atoms with Gasteiger partial charge in [0.25, 0.3) is 0 Å². The Labute approximate surface area is 110 Å². The van der Waals surface area contributed by atoms with Crippen molar-refractivity contribution in [3.63, 3.8) is 0 Å². The molecule has 1 heterocycles. The molecule has 2 aromatic carbocycles. The van der Waals surface area contributed by atoms with Crippen molar-refractivity contribution in [3.05, 3.63) is 60.4 Å². The second kappa shape index (κ2) is 4.75. The molecule has 0 fully saturated rings. The first-order valence-corrected chi connectivity index (χ1v) is 6.26. The monoisotopic (exact) mass is 254 g/mol. The molecule has 0 saturated heterocycles. The maximum Gasteiger partial charge on any atom is 0.159 e. The highest BCUT2D eigenvalue weighted by Gasteiger charge is 2.02. The molecule has 1 aromatic heterocycles. The lowest BCUT2D eigenvalue weighted by Gasteiger charge is -2.03. The van der Waals surface area contributed by atoms with Gasteiger partial charge in [0.05, 0.1) is 5.88 Å². The Morgan fingerprint density at radius 3 is 2.33 bits per heavy atom. The van der Waals surface area contributed by atoms with Crippen LogP contribution < -0.4 is 0 Å². The number of rotatable bonds is 2. The van der Waals surface area contributed by atoms with Gasteiger partial charge in [0, 0.05) is 23.5 Å². The van der Waals surface area contributed by atoms with E-state index in [0.717, 1.165) is 17.0 Å². The summed E-state index contributed by atoms with van der Waals surface area (Å²) in [6, 6.07) is 14.5. The largest absolute Gasteiger partial charge is 0.236 e. The van der Waals surface area contributed by atoms with Crippen molar-refractivity contribution in [2.24, 2.45) is 0 Å². The van der Waals surface area contributed by atoms with E-state index in [1.165, 1.54) is 10.8 Å². The Morgan fingerprint density at radius 2 is 1.61 bits per heavy atom. The summed E-state index contributed by atoms with van der Waals surface area (Å²) < 4.78 is 0. The van der Waals surface area contributed by atoms with Crippen LogP contribution in [-0.2, 0) is 5.88 Å². The van der Waals surface area contributed by atoms with Crippen molar-refractivity contribution in [1.29, 1.82) is 0 Å². The van der Waals surface area contributed by atoms with Crippen molar-refractivity contribution >= 4 is 22.4 Å². The Hall–Kier alpha value is -1.93. The van der Waals surface area contributed by atoms with Crippen LogP contribution in [0.4, 0.5) is 0 Å². The minimum Gasteiger partial charge on any atom is -0.236 e. The fraction of sp³-hybridized carbons (Fsp3) is 0.0667. The average molecular weight is 255 g/mol. The molecular weight excluding hydrogens is 244 g/mol. The molecule has 0 amide bonds. The van der Waals surface area contributed by atoms with Gasteiger partial charge < -0.3 is 0 Å². The third kappa shape index (κ3) is 2.07. The molecule has 2 nitrogen and oxygen atoms in total. The van der Waals surface area contributed by atoms with Gasteiger partial charge in [0.2, 0.25) is 0 Å². The second-order valence-electron chi connectivity index (χ2n) is 4.11. The molecule has 18 heavy (non-hydrogen) atoms. The summed E-state index contributed by atoms with van der Waals surface area (Å²) in [5.74, 6) is 1.17. The number of fused-ring (bicyclic) bond motifs is 1. The average Bonchev–Trinajstić information content (AvgIpc) is 2.47. The van der Waals surface area contributed by atoms with E-state index in [2.05, 4.69) is 34.2 Å². The maximum absolute atomic E-state index is 5.72. The minimum absolute atomic E-state index is 0.442. The fourth-order valence-corrected chi connectivity index (χ4v) is 2.04. The molecule has 0 radical (unpaired) electrons. The van der Waals surface area contributed by atoms with Gasteiger partial charge in [-0.2, -0.15) is 0 Å². The first kappa shape index (κ1) is 11.2. The molecule has 0 aliphatic rings. The Morgan fingerprint density at radius 1 is 0.889 bits per heavy atom. The zero-order valence-electron chi connectivity index (χ0n) is 9.68. The van der Waals surface area contributed by atoms with E-state index < -0.39 is 0 Å². The van der Waals surface area contributed by atoms with Crippen molar-refractivity contribution in [3.8, 4) is 11.4 Å². The van der Waals surface area contributed by atoms with E-state index in [1.807, 2.05) is 18.2 Å². The number of aromatic nitrogens is 2. The van der Waals surface area contributed by atoms with Gasteiger partial charge in [-0.3, -0.25) is 0 Å². The number of hydrogen-bond acceptors (Lipinski definition) is 2. The van der Waals surface area contributed by atoms with Crippen LogP contribution in [0.2, 0.25) is 0 Å². The van der Waals surface area contributed by atoms with Crippen LogP contribution in [0.3, 0.4) is 0 Å². The Kier molecular flexibility index (Phi) is 2.95. The van der Waals surface area contributed by atoms with E-state index in [1.54, 1.807) is 12.4 Å². The van der Waals surface area contributed by atoms with Crippen molar-refractivity contribution in [2.45, 2.75) is 5.88 Å². The molecule has 0 aliphatic heterocycles. The molecule has 3 rings (SSSR count). The molecule has 0 N–H and O–H groups in total. The topological polar surface area (TPSA) is 25.8 Å². The highest BCUT2D eigenvalue weighted by molar-refractivity contribution is 6.17. The van der Waals surface area contributed by atoms with Crippen LogP contribution >= 0.6 is 11.6 Å². The van der Waals surface area contributed by atoms with Gasteiger partial charge in [-0.25, -0.2) is 9.97 Å². The van der Waals surface area contributed by atoms with Crippen LogP contribution in [0.5, 0.6) is 0 Å². The van der Waals surface area contributed by atoms with Crippen molar-refractivity contribution in [1.82, 2.24) is 9.97 Å². The lowest BCUT2D eigenvalue weighted by Crippen LogP contribution is -1.90. The van der Waals surface area contributed by atoms with Crippen LogP contribution in [0, 0.1) is 0 Å². The van der Waals surface area contributed by atoms with Crippen LogP contribution in [0.25, 0.3) is 22.2 Å². The van der Waals surface area contributed by atoms with Crippen LogP contribution in [0.1, 0.15) is 5.56 Å². The lowest BCUT2D eigenvalue weighted by molar-refractivity contribution is 1.13. The molecule has 0 bridgehead atoms. The summed E-state index contributed by atoms with van der Waals surface area (Å²) in [5.41, 5.74) is 1.95. The van der Waals surface area contributed by atoms with Gasteiger partial charge in [-0.1, -0.05) is 36.4 Å². The van der Waals surface area contributed by atoms with E-state index in [0.29, 0.717) is 5.88 Å². The number of halogens is 1. The van der Waals surface area contributed by atoms with Gasteiger partial charge in [0.15, 0.2) is 5.82 Å². The second-order valence-corrected chi connectivity index (χ2v) is 4.38. The number of benzene rings is 2. The van der Waals surface area contributed by atoms with Gasteiger partial charge >= 0.3 is 0 Å². The zero-order valence-corrected chi connectivity index (χ0v) is 10.4. The summed E-state index contributed by atoms with van der Waals surface area (Å²) in [6.45, 7) is 0. The van der Waals surface area contributed by atoms with Crippen molar-refractivity contribution in [2.75, 3.05) is 0 Å². The normalized spacial score (nSPS) is 10.7. The minimum atomic E-state index is 0.442. The smallest absolute Gasteiger partial charge is 0.159 e. The van der Waals surface area contributed by atoms with Crippen LogP contribution in [-0.4, -0.2) is 9.97 Å².